The zero-order valence-electron chi connectivity index (χ0n) is 12.4. The molecule has 0 bridgehead atoms. The molecule has 1 N–H and O–H groups in total. The van der Waals surface area contributed by atoms with Gasteiger partial charge in [-0.1, -0.05) is 12.8 Å². The average Bonchev–Trinajstić information content (AvgIpc) is 3.15. The largest absolute Gasteiger partial charge is 0.452 e. The van der Waals surface area contributed by atoms with Crippen molar-refractivity contribution < 1.29 is 14.3 Å². The lowest BCUT2D eigenvalue weighted by Gasteiger charge is -2.16. The van der Waals surface area contributed by atoms with E-state index in [1.165, 1.54) is 11.3 Å². The van der Waals surface area contributed by atoms with Gasteiger partial charge in [-0.25, -0.2) is 4.98 Å². The van der Waals surface area contributed by atoms with Crippen LogP contribution in [0.25, 0.3) is 4.96 Å². The predicted molar refractivity (Wildman–Crippen MR) is 82.7 cm³/mol. The van der Waals surface area contributed by atoms with E-state index < -0.39 is 12.1 Å². The molecule has 1 fully saturated rings. The van der Waals surface area contributed by atoms with E-state index >= 15 is 0 Å². The van der Waals surface area contributed by atoms with Crippen LogP contribution in [0.5, 0.6) is 0 Å². The molecule has 2 aromatic heterocycles. The van der Waals surface area contributed by atoms with E-state index in [1.807, 2.05) is 16.0 Å². The van der Waals surface area contributed by atoms with E-state index in [1.54, 1.807) is 13.1 Å². The smallest absolute Gasteiger partial charge is 0.312 e. The van der Waals surface area contributed by atoms with Gasteiger partial charge in [0.25, 0.3) is 5.91 Å². The number of nitrogens with one attached hydrogen (secondary N) is 1. The molecule has 0 aromatic carbocycles. The van der Waals surface area contributed by atoms with Crippen LogP contribution < -0.4 is 5.32 Å². The average molecular weight is 321 g/mol. The Morgan fingerprint density at radius 2 is 2.27 bits per heavy atom. The second-order valence-corrected chi connectivity index (χ2v) is 6.50. The van der Waals surface area contributed by atoms with Crippen LogP contribution in [0.4, 0.5) is 0 Å². The van der Waals surface area contributed by atoms with Crippen molar-refractivity contribution in [1.82, 2.24) is 14.7 Å². The van der Waals surface area contributed by atoms with Crippen molar-refractivity contribution in [2.24, 2.45) is 0 Å². The Hall–Kier alpha value is -1.89. The minimum Gasteiger partial charge on any atom is -0.452 e. The maximum Gasteiger partial charge on any atom is 0.312 e. The van der Waals surface area contributed by atoms with E-state index in [2.05, 4.69) is 10.3 Å². The van der Waals surface area contributed by atoms with Crippen molar-refractivity contribution in [3.63, 3.8) is 0 Å². The van der Waals surface area contributed by atoms with Crippen LogP contribution in [0.15, 0.2) is 17.8 Å². The molecule has 118 valence electrons. The molecule has 1 aliphatic rings. The lowest BCUT2D eigenvalue weighted by Crippen LogP contribution is -2.41. The molecule has 6 nitrogen and oxygen atoms in total. The monoisotopic (exact) mass is 321 g/mol. The molecule has 7 heteroatoms. The van der Waals surface area contributed by atoms with Gasteiger partial charge in [-0.05, 0) is 19.8 Å². The van der Waals surface area contributed by atoms with E-state index in [-0.39, 0.29) is 18.4 Å². The van der Waals surface area contributed by atoms with Crippen molar-refractivity contribution in [2.45, 2.75) is 51.2 Å². The van der Waals surface area contributed by atoms with Gasteiger partial charge in [0.05, 0.1) is 12.1 Å². The number of rotatable bonds is 5. The van der Waals surface area contributed by atoms with Gasteiger partial charge in [-0.3, -0.25) is 14.0 Å². The first-order valence-corrected chi connectivity index (χ1v) is 8.41. The molecule has 0 spiro atoms. The predicted octanol–water partition coefficient (Wildman–Crippen LogP) is 1.93. The summed E-state index contributed by atoms with van der Waals surface area (Å²) in [5.74, 6) is -0.647. The normalized spacial score (nSPS) is 16.8. The van der Waals surface area contributed by atoms with Gasteiger partial charge in [0.1, 0.15) is 0 Å². The molecule has 1 atom stereocenters. The summed E-state index contributed by atoms with van der Waals surface area (Å²) < 4.78 is 7.07. The van der Waals surface area contributed by atoms with Crippen LogP contribution in [0.1, 0.15) is 38.3 Å². The number of thiazole rings is 1. The van der Waals surface area contributed by atoms with E-state index in [9.17, 15) is 9.59 Å². The van der Waals surface area contributed by atoms with Crippen molar-refractivity contribution in [2.75, 3.05) is 0 Å². The highest BCUT2D eigenvalue weighted by Crippen LogP contribution is 2.18. The Labute approximate surface area is 132 Å². The van der Waals surface area contributed by atoms with Gasteiger partial charge >= 0.3 is 5.97 Å². The fraction of sp³-hybridized carbons (Fsp3) is 0.533. The standard InChI is InChI=1S/C15H19N3O3S/c1-10(14(20)16-11-4-2-3-5-11)21-13(19)8-12-9-18-6-7-22-15(18)17-12/h6-7,9-11H,2-5,8H2,1H3,(H,16,20)/t10-/m1/s1. The zero-order valence-corrected chi connectivity index (χ0v) is 13.3. The quantitative estimate of drug-likeness (QED) is 0.854. The summed E-state index contributed by atoms with van der Waals surface area (Å²) in [6.07, 6.45) is 7.32. The minimum absolute atomic E-state index is 0.0788. The highest BCUT2D eigenvalue weighted by Gasteiger charge is 2.23. The molecule has 22 heavy (non-hydrogen) atoms. The molecule has 0 aliphatic heterocycles. The topological polar surface area (TPSA) is 72.7 Å². The molecular weight excluding hydrogens is 302 g/mol. The number of hydrogen-bond acceptors (Lipinski definition) is 5. The molecule has 1 aliphatic carbocycles. The Morgan fingerprint density at radius 3 is 3.00 bits per heavy atom. The third-order valence-corrected chi connectivity index (χ3v) is 4.62. The zero-order chi connectivity index (χ0) is 15.5. The summed E-state index contributed by atoms with van der Waals surface area (Å²) in [5, 5.41) is 4.86. The van der Waals surface area contributed by atoms with E-state index in [0.29, 0.717) is 5.69 Å². The number of imidazole rings is 1. The molecule has 2 aromatic rings. The van der Waals surface area contributed by atoms with Gasteiger partial charge in [-0.2, -0.15) is 0 Å². The summed E-state index contributed by atoms with van der Waals surface area (Å²) in [5.41, 5.74) is 0.653. The molecule has 0 radical (unpaired) electrons. The first-order valence-electron chi connectivity index (χ1n) is 7.53. The van der Waals surface area contributed by atoms with Crippen LogP contribution in [-0.4, -0.2) is 33.4 Å². The second-order valence-electron chi connectivity index (χ2n) is 5.62. The van der Waals surface area contributed by atoms with Crippen LogP contribution in [0.2, 0.25) is 0 Å². The summed E-state index contributed by atoms with van der Waals surface area (Å²) in [6, 6.07) is 0.230. The minimum atomic E-state index is -0.767. The Kier molecular flexibility index (Phi) is 4.42. The number of carbonyl (C=O) groups excluding carboxylic acids is 2. The van der Waals surface area contributed by atoms with Crippen molar-refractivity contribution in [3.05, 3.63) is 23.5 Å². The number of amides is 1. The summed E-state index contributed by atoms with van der Waals surface area (Å²) in [7, 11) is 0. The molecular formula is C15H19N3O3S. The van der Waals surface area contributed by atoms with Crippen LogP contribution in [0.3, 0.4) is 0 Å². The first kappa shape index (κ1) is 15.0. The van der Waals surface area contributed by atoms with Crippen LogP contribution in [-0.2, 0) is 20.7 Å². The number of ether oxygens (including phenoxy) is 1. The van der Waals surface area contributed by atoms with Crippen molar-refractivity contribution in [1.29, 1.82) is 0 Å². The fourth-order valence-corrected chi connectivity index (χ4v) is 3.41. The number of hydrogen-bond donors (Lipinski definition) is 1. The summed E-state index contributed by atoms with van der Waals surface area (Å²) >= 11 is 1.51. The van der Waals surface area contributed by atoms with Crippen LogP contribution >= 0.6 is 11.3 Å². The Morgan fingerprint density at radius 1 is 1.50 bits per heavy atom. The first-order chi connectivity index (χ1) is 10.6. The molecule has 1 amide bonds. The van der Waals surface area contributed by atoms with Gasteiger partial charge in [0.15, 0.2) is 11.1 Å². The third kappa shape index (κ3) is 3.47. The SMILES string of the molecule is C[C@@H](OC(=O)Cc1cn2ccsc2n1)C(=O)NC1CCCC1. The highest BCUT2D eigenvalue weighted by atomic mass is 32.1. The fourth-order valence-electron chi connectivity index (χ4n) is 2.69. The van der Waals surface area contributed by atoms with Crippen molar-refractivity contribution in [3.8, 4) is 0 Å². The van der Waals surface area contributed by atoms with Gasteiger partial charge in [0, 0.05) is 23.8 Å². The number of fused-ring (bicyclic) bond motifs is 1. The molecule has 1 saturated carbocycles. The van der Waals surface area contributed by atoms with Gasteiger partial charge in [0.2, 0.25) is 0 Å². The maximum absolute atomic E-state index is 12.0. The lowest BCUT2D eigenvalue weighted by molar-refractivity contribution is -0.154. The Balaban J connectivity index is 1.49. The third-order valence-electron chi connectivity index (χ3n) is 3.85. The van der Waals surface area contributed by atoms with E-state index in [0.717, 1.165) is 30.6 Å². The van der Waals surface area contributed by atoms with Gasteiger partial charge in [-0.15, -0.1) is 11.3 Å². The molecule has 0 unspecified atom stereocenters. The number of aromatic nitrogens is 2. The lowest BCUT2D eigenvalue weighted by atomic mass is 10.2. The number of nitrogens with zero attached hydrogens (tertiary/aromatic N) is 2. The summed E-state index contributed by atoms with van der Waals surface area (Å²) in [4.78, 5) is 29.1. The molecule has 2 heterocycles. The number of carbonyl (C=O) groups is 2. The highest BCUT2D eigenvalue weighted by molar-refractivity contribution is 7.15. The van der Waals surface area contributed by atoms with Crippen molar-refractivity contribution >= 4 is 28.2 Å². The molecule has 0 saturated heterocycles. The van der Waals surface area contributed by atoms with Gasteiger partial charge < -0.3 is 10.1 Å². The second kappa shape index (κ2) is 6.48. The molecule has 3 rings (SSSR count). The van der Waals surface area contributed by atoms with E-state index in [4.69, 9.17) is 4.74 Å². The summed E-state index contributed by atoms with van der Waals surface area (Å²) in [6.45, 7) is 1.61. The number of esters is 1. The Bertz CT molecular complexity index is 644. The maximum atomic E-state index is 12.0. The van der Waals surface area contributed by atoms with Crippen LogP contribution in [0, 0.1) is 0 Å².